The van der Waals surface area contributed by atoms with Gasteiger partial charge < -0.3 is 15.5 Å². The van der Waals surface area contributed by atoms with Gasteiger partial charge in [0.1, 0.15) is 6.04 Å². The Labute approximate surface area is 102 Å². The van der Waals surface area contributed by atoms with Crippen molar-refractivity contribution in [2.75, 3.05) is 17.3 Å². The molecule has 0 radical (unpaired) electrons. The van der Waals surface area contributed by atoms with Crippen LogP contribution in [0, 0.1) is 0 Å². The predicted octanol–water partition coefficient (Wildman–Crippen LogP) is -0.307. The Morgan fingerprint density at radius 1 is 1.25 bits per heavy atom. The number of carbonyl (C=O) groups excluding carboxylic acids is 1. The van der Waals surface area contributed by atoms with E-state index < -0.39 is 23.9 Å². The molecule has 0 bridgehead atoms. The number of amides is 1. The van der Waals surface area contributed by atoms with Gasteiger partial charge >= 0.3 is 11.9 Å². The summed E-state index contributed by atoms with van der Waals surface area (Å²) in [4.78, 5) is 32.0. The predicted molar refractivity (Wildman–Crippen MR) is 63.0 cm³/mol. The average molecular weight is 267 g/mol. The van der Waals surface area contributed by atoms with Crippen molar-refractivity contribution in [1.29, 1.82) is 0 Å². The van der Waals surface area contributed by atoms with E-state index in [0.717, 1.165) is 11.8 Å². The first-order valence-electron chi connectivity index (χ1n) is 4.40. The fraction of sp³-hybridized carbons (Fsp3) is 0.625. The van der Waals surface area contributed by atoms with Crippen LogP contribution >= 0.6 is 24.4 Å². The standard InChI is InChI=1S/C8H13NO5S2/c10-6(3-16-4-7(11)12)9-5(1-2-15)8(13)14/h5,15H,1-4H2,(H,9,10)(H,11,12)(H,13,14). The van der Waals surface area contributed by atoms with Crippen molar-refractivity contribution in [2.45, 2.75) is 12.5 Å². The molecule has 0 fully saturated rings. The van der Waals surface area contributed by atoms with Crippen LogP contribution in [0.5, 0.6) is 0 Å². The highest BCUT2D eigenvalue weighted by Gasteiger charge is 2.18. The van der Waals surface area contributed by atoms with Crippen molar-refractivity contribution >= 4 is 42.2 Å². The first-order valence-corrected chi connectivity index (χ1v) is 6.18. The van der Waals surface area contributed by atoms with E-state index in [1.165, 1.54) is 0 Å². The number of carboxylic acids is 2. The highest BCUT2D eigenvalue weighted by molar-refractivity contribution is 8.00. The van der Waals surface area contributed by atoms with Crippen LogP contribution < -0.4 is 5.32 Å². The molecular formula is C8H13NO5S2. The topological polar surface area (TPSA) is 104 Å². The van der Waals surface area contributed by atoms with Gasteiger partial charge in [-0.1, -0.05) is 0 Å². The molecule has 1 unspecified atom stereocenters. The fourth-order valence-corrected chi connectivity index (χ4v) is 1.66. The van der Waals surface area contributed by atoms with Crippen molar-refractivity contribution in [3.63, 3.8) is 0 Å². The second-order valence-electron chi connectivity index (χ2n) is 2.86. The Bertz CT molecular complexity index is 271. The molecule has 0 aliphatic carbocycles. The summed E-state index contributed by atoms with van der Waals surface area (Å²) in [6.45, 7) is 0. The van der Waals surface area contributed by atoms with Gasteiger partial charge in [-0.2, -0.15) is 12.6 Å². The van der Waals surface area contributed by atoms with Gasteiger partial charge in [-0.05, 0) is 12.2 Å². The van der Waals surface area contributed by atoms with Gasteiger partial charge in [0.2, 0.25) is 5.91 Å². The van der Waals surface area contributed by atoms with Crippen LogP contribution in [0.25, 0.3) is 0 Å². The lowest BCUT2D eigenvalue weighted by molar-refractivity contribution is -0.141. The Kier molecular flexibility index (Phi) is 7.82. The van der Waals surface area contributed by atoms with Gasteiger partial charge in [-0.25, -0.2) is 4.79 Å². The van der Waals surface area contributed by atoms with Crippen LogP contribution in [0.2, 0.25) is 0 Å². The molecule has 3 N–H and O–H groups in total. The zero-order valence-corrected chi connectivity index (χ0v) is 10.1. The molecule has 16 heavy (non-hydrogen) atoms. The molecule has 0 aromatic carbocycles. The largest absolute Gasteiger partial charge is 0.481 e. The second-order valence-corrected chi connectivity index (χ2v) is 4.29. The number of hydrogen-bond donors (Lipinski definition) is 4. The van der Waals surface area contributed by atoms with Crippen molar-refractivity contribution < 1.29 is 24.6 Å². The van der Waals surface area contributed by atoms with Crippen LogP contribution in [0.15, 0.2) is 0 Å². The second kappa shape index (κ2) is 8.28. The van der Waals surface area contributed by atoms with Crippen molar-refractivity contribution in [3.8, 4) is 0 Å². The van der Waals surface area contributed by atoms with E-state index in [0.29, 0.717) is 5.75 Å². The molecule has 1 amide bonds. The number of hydrogen-bond acceptors (Lipinski definition) is 5. The molecule has 0 heterocycles. The molecule has 0 rings (SSSR count). The molecular weight excluding hydrogens is 254 g/mol. The van der Waals surface area contributed by atoms with Crippen molar-refractivity contribution in [2.24, 2.45) is 0 Å². The van der Waals surface area contributed by atoms with E-state index in [4.69, 9.17) is 10.2 Å². The summed E-state index contributed by atoms with van der Waals surface area (Å²) in [7, 11) is 0. The molecule has 92 valence electrons. The maximum atomic E-state index is 11.2. The van der Waals surface area contributed by atoms with Crippen LogP contribution in [0.3, 0.4) is 0 Å². The summed E-state index contributed by atoms with van der Waals surface area (Å²) in [5.74, 6) is -2.52. The zero-order chi connectivity index (χ0) is 12.6. The quantitative estimate of drug-likeness (QED) is 0.450. The lowest BCUT2D eigenvalue weighted by atomic mass is 10.2. The molecule has 0 aromatic heterocycles. The monoisotopic (exact) mass is 267 g/mol. The van der Waals surface area contributed by atoms with E-state index in [2.05, 4.69) is 17.9 Å². The van der Waals surface area contributed by atoms with Gasteiger partial charge in [-0.15, -0.1) is 11.8 Å². The SMILES string of the molecule is O=C(O)CSCC(=O)NC(CCS)C(=O)O. The van der Waals surface area contributed by atoms with Crippen LogP contribution in [0.4, 0.5) is 0 Å². The molecule has 6 nitrogen and oxygen atoms in total. The van der Waals surface area contributed by atoms with E-state index >= 15 is 0 Å². The summed E-state index contributed by atoms with van der Waals surface area (Å²) in [5, 5.41) is 19.3. The maximum absolute atomic E-state index is 11.2. The number of rotatable bonds is 8. The van der Waals surface area contributed by atoms with E-state index in [1.807, 2.05) is 0 Å². The minimum atomic E-state index is -1.12. The number of aliphatic carboxylic acids is 2. The van der Waals surface area contributed by atoms with Crippen LogP contribution in [0.1, 0.15) is 6.42 Å². The first-order chi connectivity index (χ1) is 7.47. The van der Waals surface area contributed by atoms with Gasteiger partial charge in [-0.3, -0.25) is 9.59 Å². The molecule has 0 aliphatic heterocycles. The third-order valence-electron chi connectivity index (χ3n) is 1.51. The molecule has 0 spiro atoms. The van der Waals surface area contributed by atoms with Crippen LogP contribution in [-0.4, -0.2) is 51.4 Å². The Balaban J connectivity index is 3.90. The minimum absolute atomic E-state index is 0.0668. The van der Waals surface area contributed by atoms with Crippen molar-refractivity contribution in [3.05, 3.63) is 0 Å². The molecule has 0 aromatic rings. The Morgan fingerprint density at radius 2 is 1.88 bits per heavy atom. The van der Waals surface area contributed by atoms with E-state index in [9.17, 15) is 14.4 Å². The lowest BCUT2D eigenvalue weighted by Crippen LogP contribution is -2.42. The molecule has 0 aliphatic rings. The number of thioether (sulfide) groups is 1. The van der Waals surface area contributed by atoms with Gasteiger partial charge in [0.25, 0.3) is 0 Å². The highest BCUT2D eigenvalue weighted by Crippen LogP contribution is 2.00. The number of thiol groups is 1. The van der Waals surface area contributed by atoms with E-state index in [1.54, 1.807) is 0 Å². The van der Waals surface area contributed by atoms with Gasteiger partial charge in [0.15, 0.2) is 0 Å². The molecule has 1 atom stereocenters. The minimum Gasteiger partial charge on any atom is -0.481 e. The highest BCUT2D eigenvalue weighted by atomic mass is 32.2. The first kappa shape index (κ1) is 15.1. The number of nitrogens with one attached hydrogen (secondary N) is 1. The third-order valence-corrected chi connectivity index (χ3v) is 2.69. The third kappa shape index (κ3) is 7.41. The van der Waals surface area contributed by atoms with Crippen LogP contribution in [-0.2, 0) is 14.4 Å². The Hall–Kier alpha value is -0.890. The van der Waals surface area contributed by atoms with Gasteiger partial charge in [0.05, 0.1) is 11.5 Å². The number of carbonyl (C=O) groups is 3. The summed E-state index contributed by atoms with van der Waals surface area (Å²) >= 11 is 4.79. The summed E-state index contributed by atoms with van der Waals surface area (Å²) < 4.78 is 0. The lowest BCUT2D eigenvalue weighted by Gasteiger charge is -2.12. The molecule has 0 saturated carbocycles. The van der Waals surface area contributed by atoms with Crippen molar-refractivity contribution in [1.82, 2.24) is 5.32 Å². The smallest absolute Gasteiger partial charge is 0.326 e. The molecule has 0 saturated heterocycles. The average Bonchev–Trinajstić information content (AvgIpc) is 2.16. The fourth-order valence-electron chi connectivity index (χ4n) is 0.854. The normalized spacial score (nSPS) is 11.8. The summed E-state index contributed by atoms with van der Waals surface area (Å²) in [5.41, 5.74) is 0. The van der Waals surface area contributed by atoms with E-state index in [-0.39, 0.29) is 17.9 Å². The summed E-state index contributed by atoms with van der Waals surface area (Å²) in [6, 6.07) is -0.963. The number of carboxylic acid groups (broad SMARTS) is 2. The Morgan fingerprint density at radius 3 is 2.31 bits per heavy atom. The molecule has 8 heteroatoms. The maximum Gasteiger partial charge on any atom is 0.326 e. The summed E-state index contributed by atoms with van der Waals surface area (Å²) in [6.07, 6.45) is 0.230. The van der Waals surface area contributed by atoms with Gasteiger partial charge in [0, 0.05) is 0 Å². The zero-order valence-electron chi connectivity index (χ0n) is 8.38.